The standard InChI is InChI=1S/C27H35F2N3O4S/c1-31(2)27(19-3-7-21(28)8-4-19)20-5-11-23(12-6-20)30-26(33)18-36-24-15-16-32(17-24)37(34,35)25-13-9-22(29)10-14-25/h3-4,7-10,13-14,20,23-24,27H,5-6,11-12,15-18H2,1-2H3,(H,30,33). The summed E-state index contributed by atoms with van der Waals surface area (Å²) in [5.41, 5.74) is 1.10. The zero-order chi connectivity index (χ0) is 26.6. The fourth-order valence-electron chi connectivity index (χ4n) is 5.50. The maximum atomic E-state index is 13.4. The predicted octanol–water partition coefficient (Wildman–Crippen LogP) is 3.72. The van der Waals surface area contributed by atoms with E-state index in [1.54, 1.807) is 0 Å². The van der Waals surface area contributed by atoms with Gasteiger partial charge in [0.15, 0.2) is 0 Å². The minimum Gasteiger partial charge on any atom is -0.367 e. The van der Waals surface area contributed by atoms with Crippen LogP contribution in [0.1, 0.15) is 43.7 Å². The van der Waals surface area contributed by atoms with E-state index in [4.69, 9.17) is 4.74 Å². The van der Waals surface area contributed by atoms with Crippen molar-refractivity contribution in [1.82, 2.24) is 14.5 Å². The molecule has 37 heavy (non-hydrogen) atoms. The van der Waals surface area contributed by atoms with Crippen molar-refractivity contribution in [3.8, 4) is 0 Å². The molecule has 2 atom stereocenters. The molecule has 4 rings (SSSR count). The van der Waals surface area contributed by atoms with Gasteiger partial charge in [0, 0.05) is 25.2 Å². The van der Waals surface area contributed by atoms with E-state index in [0.717, 1.165) is 43.4 Å². The van der Waals surface area contributed by atoms with Crippen LogP contribution in [0.3, 0.4) is 0 Å². The molecule has 1 N–H and O–H groups in total. The lowest BCUT2D eigenvalue weighted by atomic mass is 9.78. The average molecular weight is 536 g/mol. The van der Waals surface area contributed by atoms with Crippen molar-refractivity contribution in [2.24, 2.45) is 5.92 Å². The number of halogens is 2. The largest absolute Gasteiger partial charge is 0.367 e. The van der Waals surface area contributed by atoms with Gasteiger partial charge >= 0.3 is 0 Å². The summed E-state index contributed by atoms with van der Waals surface area (Å²) in [5, 5.41) is 3.06. The van der Waals surface area contributed by atoms with Crippen molar-refractivity contribution in [1.29, 1.82) is 0 Å². The minimum absolute atomic E-state index is 0.0406. The first-order chi connectivity index (χ1) is 17.6. The SMILES string of the molecule is CN(C)C(c1ccc(F)cc1)C1CCC(NC(=O)COC2CCN(S(=O)(=O)c3ccc(F)cc3)C2)CC1. The smallest absolute Gasteiger partial charge is 0.246 e. The molecule has 2 unspecified atom stereocenters. The van der Waals surface area contributed by atoms with Crippen LogP contribution in [-0.4, -0.2) is 69.5 Å². The Bertz CT molecular complexity index is 1150. The summed E-state index contributed by atoms with van der Waals surface area (Å²) < 4.78 is 59.1. The second-order valence-electron chi connectivity index (χ2n) is 10.2. The highest BCUT2D eigenvalue weighted by Gasteiger charge is 2.34. The quantitative estimate of drug-likeness (QED) is 0.530. The van der Waals surface area contributed by atoms with E-state index in [-0.39, 0.29) is 54.5 Å². The van der Waals surface area contributed by atoms with Crippen LogP contribution in [0.5, 0.6) is 0 Å². The molecule has 0 spiro atoms. The number of carbonyl (C=O) groups excluding carboxylic acids is 1. The number of ether oxygens (including phenoxy) is 1. The van der Waals surface area contributed by atoms with Crippen LogP contribution >= 0.6 is 0 Å². The molecular weight excluding hydrogens is 500 g/mol. The number of nitrogens with one attached hydrogen (secondary N) is 1. The van der Waals surface area contributed by atoms with Gasteiger partial charge in [0.2, 0.25) is 15.9 Å². The van der Waals surface area contributed by atoms with E-state index in [2.05, 4.69) is 10.2 Å². The van der Waals surface area contributed by atoms with Crippen LogP contribution in [0.15, 0.2) is 53.4 Å². The van der Waals surface area contributed by atoms with Crippen LogP contribution in [0.2, 0.25) is 0 Å². The number of hydrogen-bond donors (Lipinski definition) is 1. The topological polar surface area (TPSA) is 79.0 Å². The molecule has 2 aliphatic rings. The van der Waals surface area contributed by atoms with Gasteiger partial charge < -0.3 is 15.0 Å². The van der Waals surface area contributed by atoms with Gasteiger partial charge in [-0.15, -0.1) is 0 Å². The molecule has 1 heterocycles. The molecule has 7 nitrogen and oxygen atoms in total. The second-order valence-corrected chi connectivity index (χ2v) is 12.1. The van der Waals surface area contributed by atoms with Crippen molar-refractivity contribution in [3.05, 3.63) is 65.7 Å². The monoisotopic (exact) mass is 535 g/mol. The third kappa shape index (κ3) is 6.93. The summed E-state index contributed by atoms with van der Waals surface area (Å²) in [6.45, 7) is 0.329. The first-order valence-corrected chi connectivity index (χ1v) is 14.2. The number of sulfonamides is 1. The van der Waals surface area contributed by atoms with Gasteiger partial charge in [-0.1, -0.05) is 12.1 Å². The molecule has 2 aromatic rings. The third-order valence-corrected chi connectivity index (χ3v) is 9.24. The van der Waals surface area contributed by atoms with Crippen molar-refractivity contribution in [2.75, 3.05) is 33.8 Å². The summed E-state index contributed by atoms with van der Waals surface area (Å²) in [6, 6.07) is 11.7. The molecular formula is C27H35F2N3O4S. The molecule has 1 saturated heterocycles. The number of hydrogen-bond acceptors (Lipinski definition) is 5. The van der Waals surface area contributed by atoms with E-state index in [1.165, 1.54) is 28.6 Å². The molecule has 202 valence electrons. The Morgan fingerprint density at radius 2 is 1.59 bits per heavy atom. The minimum atomic E-state index is -3.73. The van der Waals surface area contributed by atoms with Crippen molar-refractivity contribution in [3.63, 3.8) is 0 Å². The molecule has 0 radical (unpaired) electrons. The van der Waals surface area contributed by atoms with Crippen molar-refractivity contribution in [2.45, 2.75) is 55.2 Å². The summed E-state index contributed by atoms with van der Waals surface area (Å²) in [6.07, 6.45) is 3.74. The van der Waals surface area contributed by atoms with Crippen LogP contribution in [0.4, 0.5) is 8.78 Å². The third-order valence-electron chi connectivity index (χ3n) is 7.36. The second kappa shape index (κ2) is 12.0. The number of rotatable bonds is 9. The van der Waals surface area contributed by atoms with Gasteiger partial charge in [-0.2, -0.15) is 4.31 Å². The molecule has 1 saturated carbocycles. The number of amides is 1. The van der Waals surface area contributed by atoms with Crippen LogP contribution in [0, 0.1) is 17.6 Å². The van der Waals surface area contributed by atoms with Gasteiger partial charge in [-0.3, -0.25) is 4.79 Å². The molecule has 0 aromatic heterocycles. The fraction of sp³-hybridized carbons (Fsp3) is 0.519. The first kappa shape index (κ1) is 27.6. The summed E-state index contributed by atoms with van der Waals surface area (Å²) in [7, 11) is 0.346. The zero-order valence-electron chi connectivity index (χ0n) is 21.3. The lowest BCUT2D eigenvalue weighted by Crippen LogP contribution is -2.42. The Hall–Kier alpha value is -2.40. The van der Waals surface area contributed by atoms with Crippen LogP contribution < -0.4 is 5.32 Å². The highest BCUT2D eigenvalue weighted by atomic mass is 32.2. The lowest BCUT2D eigenvalue weighted by molar-refractivity contribution is -0.128. The summed E-state index contributed by atoms with van der Waals surface area (Å²) >= 11 is 0. The fourth-order valence-corrected chi connectivity index (χ4v) is 6.99. The number of nitrogens with zero attached hydrogens (tertiary/aromatic N) is 2. The van der Waals surface area contributed by atoms with Gasteiger partial charge in [0.1, 0.15) is 18.2 Å². The van der Waals surface area contributed by atoms with E-state index in [0.29, 0.717) is 12.3 Å². The average Bonchev–Trinajstić information content (AvgIpc) is 3.35. The molecule has 2 fully saturated rings. The highest BCUT2D eigenvalue weighted by molar-refractivity contribution is 7.89. The van der Waals surface area contributed by atoms with Gasteiger partial charge in [-0.05, 0) is 94.1 Å². The molecule has 2 aromatic carbocycles. The van der Waals surface area contributed by atoms with E-state index < -0.39 is 15.8 Å². The Morgan fingerprint density at radius 3 is 2.19 bits per heavy atom. The van der Waals surface area contributed by atoms with Crippen molar-refractivity contribution < 1.29 is 26.7 Å². The summed E-state index contributed by atoms with van der Waals surface area (Å²) in [4.78, 5) is 14.7. The first-order valence-electron chi connectivity index (χ1n) is 12.7. The van der Waals surface area contributed by atoms with E-state index >= 15 is 0 Å². The Labute approximate surface area is 217 Å². The van der Waals surface area contributed by atoms with E-state index in [1.807, 2.05) is 26.2 Å². The van der Waals surface area contributed by atoms with Gasteiger partial charge in [0.25, 0.3) is 0 Å². The predicted molar refractivity (Wildman–Crippen MR) is 136 cm³/mol. The van der Waals surface area contributed by atoms with Crippen LogP contribution in [0.25, 0.3) is 0 Å². The number of benzene rings is 2. The summed E-state index contributed by atoms with van der Waals surface area (Å²) in [5.74, 6) is -0.524. The normalized spacial score (nSPS) is 23.8. The molecule has 0 bridgehead atoms. The highest BCUT2D eigenvalue weighted by Crippen LogP contribution is 2.37. The number of carbonyl (C=O) groups is 1. The van der Waals surface area contributed by atoms with Crippen molar-refractivity contribution >= 4 is 15.9 Å². The van der Waals surface area contributed by atoms with Gasteiger partial charge in [0.05, 0.1) is 11.0 Å². The van der Waals surface area contributed by atoms with Crippen LogP contribution in [-0.2, 0) is 19.6 Å². The van der Waals surface area contributed by atoms with Gasteiger partial charge in [-0.25, -0.2) is 17.2 Å². The van der Waals surface area contributed by atoms with E-state index in [9.17, 15) is 22.0 Å². The Balaban J connectivity index is 1.21. The zero-order valence-corrected chi connectivity index (χ0v) is 22.1. The lowest BCUT2D eigenvalue weighted by Gasteiger charge is -2.37. The molecule has 1 aliphatic heterocycles. The molecule has 1 amide bonds. The molecule has 10 heteroatoms. The molecule has 1 aliphatic carbocycles. The maximum Gasteiger partial charge on any atom is 0.246 e. The maximum absolute atomic E-state index is 13.4. The Kier molecular flexibility index (Phi) is 8.94. The Morgan fingerprint density at radius 1 is 1.00 bits per heavy atom.